The second-order valence-corrected chi connectivity index (χ2v) is 6.36. The maximum absolute atomic E-state index is 5.99. The molecule has 0 aliphatic carbocycles. The van der Waals surface area contributed by atoms with Gasteiger partial charge in [0.05, 0.1) is 12.2 Å². The summed E-state index contributed by atoms with van der Waals surface area (Å²) in [7, 11) is 0. The van der Waals surface area contributed by atoms with Crippen molar-refractivity contribution in [2.75, 3.05) is 23.7 Å². The number of anilines is 1. The average molecular weight is 280 g/mol. The normalized spacial score (nSPS) is 23.7. The molecule has 1 heterocycles. The van der Waals surface area contributed by atoms with E-state index in [-0.39, 0.29) is 12.2 Å². The van der Waals surface area contributed by atoms with E-state index < -0.39 is 0 Å². The number of morpholine rings is 1. The summed E-state index contributed by atoms with van der Waals surface area (Å²) >= 11 is 1.87. The first-order valence-electron chi connectivity index (χ1n) is 7.00. The van der Waals surface area contributed by atoms with Crippen LogP contribution < -0.4 is 10.6 Å². The molecule has 0 aromatic heterocycles. The molecular formula is C15H24N2OS. The van der Waals surface area contributed by atoms with E-state index in [2.05, 4.69) is 43.9 Å². The van der Waals surface area contributed by atoms with Crippen molar-refractivity contribution in [1.29, 1.82) is 0 Å². The molecule has 1 fully saturated rings. The van der Waals surface area contributed by atoms with Gasteiger partial charge >= 0.3 is 0 Å². The van der Waals surface area contributed by atoms with E-state index in [1.54, 1.807) is 0 Å². The van der Waals surface area contributed by atoms with Crippen LogP contribution in [0.4, 0.5) is 5.69 Å². The summed E-state index contributed by atoms with van der Waals surface area (Å²) in [5.74, 6) is 1.08. The highest BCUT2D eigenvalue weighted by molar-refractivity contribution is 7.99. The Balaban J connectivity index is 2.30. The topological polar surface area (TPSA) is 38.5 Å². The number of benzene rings is 1. The van der Waals surface area contributed by atoms with Crippen LogP contribution >= 0.6 is 11.8 Å². The number of hydrogen-bond acceptors (Lipinski definition) is 4. The van der Waals surface area contributed by atoms with E-state index >= 15 is 0 Å². The first-order valence-corrected chi connectivity index (χ1v) is 7.99. The molecule has 0 saturated carbocycles. The molecule has 1 aliphatic heterocycles. The van der Waals surface area contributed by atoms with Crippen molar-refractivity contribution in [3.05, 3.63) is 23.8 Å². The van der Waals surface area contributed by atoms with Crippen molar-refractivity contribution >= 4 is 17.4 Å². The van der Waals surface area contributed by atoms with Gasteiger partial charge in [-0.2, -0.15) is 0 Å². The first kappa shape index (κ1) is 14.7. The Morgan fingerprint density at radius 2 is 2.00 bits per heavy atom. The van der Waals surface area contributed by atoms with Gasteiger partial charge in [0.25, 0.3) is 0 Å². The molecule has 0 amide bonds. The highest BCUT2D eigenvalue weighted by Gasteiger charge is 2.24. The average Bonchev–Trinajstić information content (AvgIpc) is 2.37. The maximum atomic E-state index is 5.99. The van der Waals surface area contributed by atoms with E-state index in [9.17, 15) is 0 Å². The Bertz CT molecular complexity index is 415. The summed E-state index contributed by atoms with van der Waals surface area (Å²) < 4.78 is 5.81. The molecule has 2 unspecified atom stereocenters. The Kier molecular flexibility index (Phi) is 5.13. The number of hydrogen-bond donors (Lipinski definition) is 1. The van der Waals surface area contributed by atoms with E-state index in [0.29, 0.717) is 6.54 Å². The van der Waals surface area contributed by atoms with Crippen LogP contribution in [0.2, 0.25) is 0 Å². The minimum atomic E-state index is 0.275. The lowest BCUT2D eigenvalue weighted by atomic mass is 10.1. The summed E-state index contributed by atoms with van der Waals surface area (Å²) in [6.45, 7) is 8.93. The molecule has 3 nitrogen and oxygen atoms in total. The number of nitrogens with two attached hydrogens (primary N) is 1. The lowest BCUT2D eigenvalue weighted by Crippen LogP contribution is -2.46. The van der Waals surface area contributed by atoms with Crippen LogP contribution in [0.1, 0.15) is 26.3 Å². The van der Waals surface area contributed by atoms with Crippen LogP contribution in [0.15, 0.2) is 23.1 Å². The van der Waals surface area contributed by atoms with Gasteiger partial charge < -0.3 is 15.4 Å². The minimum absolute atomic E-state index is 0.275. The molecule has 1 aromatic carbocycles. The van der Waals surface area contributed by atoms with Crippen molar-refractivity contribution < 1.29 is 4.74 Å². The predicted molar refractivity (Wildman–Crippen MR) is 83.0 cm³/mol. The fraction of sp³-hybridized carbons (Fsp3) is 0.600. The van der Waals surface area contributed by atoms with E-state index in [1.807, 2.05) is 11.8 Å². The molecule has 0 radical (unpaired) electrons. The third-order valence-corrected chi connectivity index (χ3v) is 4.35. The van der Waals surface area contributed by atoms with Crippen molar-refractivity contribution in [3.63, 3.8) is 0 Å². The first-order chi connectivity index (χ1) is 9.15. The van der Waals surface area contributed by atoms with Crippen LogP contribution in [0.5, 0.6) is 0 Å². The lowest BCUT2D eigenvalue weighted by molar-refractivity contribution is -0.00527. The number of nitrogens with zero attached hydrogens (tertiary/aromatic N) is 1. The summed E-state index contributed by atoms with van der Waals surface area (Å²) in [5.41, 5.74) is 8.54. The molecule has 1 saturated heterocycles. The van der Waals surface area contributed by atoms with Gasteiger partial charge in [-0.1, -0.05) is 13.0 Å². The van der Waals surface area contributed by atoms with Crippen LogP contribution in [-0.4, -0.2) is 31.1 Å². The van der Waals surface area contributed by atoms with Gasteiger partial charge in [-0.25, -0.2) is 0 Å². The van der Waals surface area contributed by atoms with E-state index in [4.69, 9.17) is 10.5 Å². The third-order valence-electron chi connectivity index (χ3n) is 3.37. The highest BCUT2D eigenvalue weighted by atomic mass is 32.2. The van der Waals surface area contributed by atoms with Gasteiger partial charge in [0.2, 0.25) is 0 Å². The maximum Gasteiger partial charge on any atom is 0.0726 e. The zero-order valence-electron chi connectivity index (χ0n) is 12.1. The van der Waals surface area contributed by atoms with Crippen molar-refractivity contribution in [2.24, 2.45) is 5.73 Å². The van der Waals surface area contributed by atoms with Gasteiger partial charge in [0.1, 0.15) is 0 Å². The van der Waals surface area contributed by atoms with E-state index in [0.717, 1.165) is 18.8 Å². The summed E-state index contributed by atoms with van der Waals surface area (Å²) in [5, 5.41) is 0. The summed E-state index contributed by atoms with van der Waals surface area (Å²) in [6.07, 6.45) is 0.550. The van der Waals surface area contributed by atoms with Crippen molar-refractivity contribution in [2.45, 2.75) is 44.4 Å². The van der Waals surface area contributed by atoms with Crippen LogP contribution in [0, 0.1) is 0 Å². The zero-order valence-corrected chi connectivity index (χ0v) is 12.9. The van der Waals surface area contributed by atoms with Gasteiger partial charge in [-0.15, -0.1) is 11.8 Å². The molecular weight excluding hydrogens is 256 g/mol. The standard InChI is InChI=1S/C15H24N2OS/c1-4-19-15-7-5-6-14(13(15)8-16)17-9-11(2)18-12(3)10-17/h5-7,11-12H,4,8-10,16H2,1-3H3. The van der Waals surface area contributed by atoms with Crippen LogP contribution in [-0.2, 0) is 11.3 Å². The molecule has 0 spiro atoms. The fourth-order valence-corrected chi connectivity index (χ4v) is 3.57. The van der Waals surface area contributed by atoms with Gasteiger partial charge in [0, 0.05) is 35.8 Å². The smallest absolute Gasteiger partial charge is 0.0726 e. The Morgan fingerprint density at radius 3 is 2.58 bits per heavy atom. The van der Waals surface area contributed by atoms with Gasteiger partial charge in [-0.3, -0.25) is 0 Å². The van der Waals surface area contributed by atoms with Gasteiger partial charge in [-0.05, 0) is 31.7 Å². The Hall–Kier alpha value is -0.710. The van der Waals surface area contributed by atoms with Crippen molar-refractivity contribution in [1.82, 2.24) is 0 Å². The Labute approximate surface area is 120 Å². The molecule has 1 aromatic rings. The number of ether oxygens (including phenoxy) is 1. The predicted octanol–water partition coefficient (Wildman–Crippen LogP) is 2.87. The van der Waals surface area contributed by atoms with Gasteiger partial charge in [0.15, 0.2) is 0 Å². The largest absolute Gasteiger partial charge is 0.372 e. The number of thioether (sulfide) groups is 1. The minimum Gasteiger partial charge on any atom is -0.372 e. The van der Waals surface area contributed by atoms with Crippen LogP contribution in [0.25, 0.3) is 0 Å². The number of rotatable bonds is 4. The summed E-state index contributed by atoms with van der Waals surface area (Å²) in [4.78, 5) is 3.73. The second-order valence-electron chi connectivity index (χ2n) is 5.05. The monoisotopic (exact) mass is 280 g/mol. The molecule has 2 N–H and O–H groups in total. The van der Waals surface area contributed by atoms with E-state index in [1.165, 1.54) is 16.1 Å². The molecule has 2 atom stereocenters. The van der Waals surface area contributed by atoms with Crippen LogP contribution in [0.3, 0.4) is 0 Å². The highest BCUT2D eigenvalue weighted by Crippen LogP contribution is 2.32. The van der Waals surface area contributed by atoms with Crippen molar-refractivity contribution in [3.8, 4) is 0 Å². The Morgan fingerprint density at radius 1 is 1.32 bits per heavy atom. The molecule has 106 valence electrons. The second kappa shape index (κ2) is 6.64. The molecule has 1 aliphatic rings. The fourth-order valence-electron chi connectivity index (χ4n) is 2.72. The summed E-state index contributed by atoms with van der Waals surface area (Å²) in [6, 6.07) is 6.50. The SMILES string of the molecule is CCSc1cccc(N2CC(C)OC(C)C2)c1CN. The third kappa shape index (κ3) is 3.44. The zero-order chi connectivity index (χ0) is 13.8. The lowest BCUT2D eigenvalue weighted by Gasteiger charge is -2.38. The quantitative estimate of drug-likeness (QED) is 0.861. The molecule has 19 heavy (non-hydrogen) atoms. The molecule has 0 bridgehead atoms. The molecule has 4 heteroatoms. The molecule has 2 rings (SSSR count).